The van der Waals surface area contributed by atoms with E-state index in [0.29, 0.717) is 6.54 Å². The molecule has 0 aliphatic rings. The first kappa shape index (κ1) is 13.6. The molecular weight excluding hydrogens is 258 g/mol. The molecule has 1 heterocycles. The van der Waals surface area contributed by atoms with Gasteiger partial charge in [0, 0.05) is 28.7 Å². The van der Waals surface area contributed by atoms with Gasteiger partial charge < -0.3 is 15.2 Å². The SMILES string of the molecule is COc1cc(NCCO)ccc1/C=C/c1cccs1. The van der Waals surface area contributed by atoms with Crippen molar-refractivity contribution in [2.45, 2.75) is 0 Å². The van der Waals surface area contributed by atoms with E-state index in [1.54, 1.807) is 18.4 Å². The molecule has 0 saturated heterocycles. The van der Waals surface area contributed by atoms with Gasteiger partial charge in [-0.05, 0) is 35.7 Å². The fourth-order valence-corrected chi connectivity index (χ4v) is 2.34. The molecule has 0 fully saturated rings. The molecule has 0 spiro atoms. The smallest absolute Gasteiger partial charge is 0.128 e. The van der Waals surface area contributed by atoms with E-state index in [9.17, 15) is 0 Å². The first-order valence-corrected chi connectivity index (χ1v) is 6.96. The van der Waals surface area contributed by atoms with Crippen LogP contribution in [0.15, 0.2) is 35.7 Å². The predicted molar refractivity (Wildman–Crippen MR) is 81.8 cm³/mol. The van der Waals surface area contributed by atoms with Gasteiger partial charge in [0.2, 0.25) is 0 Å². The van der Waals surface area contributed by atoms with Crippen LogP contribution in [-0.4, -0.2) is 25.4 Å². The van der Waals surface area contributed by atoms with Gasteiger partial charge in [-0.15, -0.1) is 11.3 Å². The summed E-state index contributed by atoms with van der Waals surface area (Å²) in [4.78, 5) is 1.21. The van der Waals surface area contributed by atoms with Crippen molar-refractivity contribution in [1.82, 2.24) is 0 Å². The van der Waals surface area contributed by atoms with Crippen LogP contribution in [0.4, 0.5) is 5.69 Å². The maximum Gasteiger partial charge on any atom is 0.128 e. The van der Waals surface area contributed by atoms with Crippen molar-refractivity contribution >= 4 is 29.2 Å². The van der Waals surface area contributed by atoms with Gasteiger partial charge >= 0.3 is 0 Å². The number of aliphatic hydroxyl groups is 1. The molecule has 0 unspecified atom stereocenters. The van der Waals surface area contributed by atoms with E-state index >= 15 is 0 Å². The van der Waals surface area contributed by atoms with E-state index in [4.69, 9.17) is 9.84 Å². The van der Waals surface area contributed by atoms with Crippen molar-refractivity contribution in [1.29, 1.82) is 0 Å². The lowest BCUT2D eigenvalue weighted by atomic mass is 10.1. The highest BCUT2D eigenvalue weighted by Crippen LogP contribution is 2.25. The van der Waals surface area contributed by atoms with Crippen LogP contribution in [0, 0.1) is 0 Å². The standard InChI is InChI=1S/C15H17NO2S/c1-18-15-11-13(16-8-9-17)6-4-12(15)5-7-14-3-2-10-19-14/h2-7,10-11,16-17H,8-9H2,1H3/b7-5+. The van der Waals surface area contributed by atoms with Gasteiger partial charge in [-0.25, -0.2) is 0 Å². The summed E-state index contributed by atoms with van der Waals surface area (Å²) in [6.45, 7) is 0.649. The summed E-state index contributed by atoms with van der Waals surface area (Å²) in [6, 6.07) is 10.0. The van der Waals surface area contributed by atoms with Crippen molar-refractivity contribution in [2.75, 3.05) is 25.6 Å². The molecule has 0 saturated carbocycles. The molecule has 0 atom stereocenters. The second-order valence-electron chi connectivity index (χ2n) is 3.96. The fourth-order valence-electron chi connectivity index (χ4n) is 1.72. The summed E-state index contributed by atoms with van der Waals surface area (Å²) in [5.41, 5.74) is 1.98. The Balaban J connectivity index is 2.16. The maximum absolute atomic E-state index is 8.79. The largest absolute Gasteiger partial charge is 0.496 e. The van der Waals surface area contributed by atoms with E-state index < -0.39 is 0 Å². The van der Waals surface area contributed by atoms with Gasteiger partial charge in [0.1, 0.15) is 5.75 Å². The van der Waals surface area contributed by atoms with Gasteiger partial charge in [-0.3, -0.25) is 0 Å². The minimum atomic E-state index is 0.113. The highest BCUT2D eigenvalue weighted by atomic mass is 32.1. The molecule has 0 bridgehead atoms. The highest BCUT2D eigenvalue weighted by Gasteiger charge is 2.01. The zero-order chi connectivity index (χ0) is 13.5. The molecule has 2 aromatic rings. The number of hydrogen-bond acceptors (Lipinski definition) is 4. The van der Waals surface area contributed by atoms with Crippen LogP contribution in [0.25, 0.3) is 12.2 Å². The van der Waals surface area contributed by atoms with Crippen LogP contribution in [-0.2, 0) is 0 Å². The number of benzene rings is 1. The van der Waals surface area contributed by atoms with Gasteiger partial charge in [0.15, 0.2) is 0 Å². The van der Waals surface area contributed by atoms with Gasteiger partial charge in [0.25, 0.3) is 0 Å². The Hall–Kier alpha value is -1.78. The third-order valence-electron chi connectivity index (χ3n) is 2.64. The Morgan fingerprint density at radius 3 is 2.89 bits per heavy atom. The lowest BCUT2D eigenvalue weighted by Crippen LogP contribution is -2.05. The van der Waals surface area contributed by atoms with Crippen molar-refractivity contribution in [3.63, 3.8) is 0 Å². The second-order valence-corrected chi connectivity index (χ2v) is 4.94. The van der Waals surface area contributed by atoms with E-state index in [2.05, 4.69) is 22.8 Å². The fraction of sp³-hybridized carbons (Fsp3) is 0.200. The van der Waals surface area contributed by atoms with Crippen LogP contribution in [0.1, 0.15) is 10.4 Å². The number of thiophene rings is 1. The van der Waals surface area contributed by atoms with Crippen molar-refractivity contribution < 1.29 is 9.84 Å². The molecule has 2 N–H and O–H groups in total. The number of anilines is 1. The zero-order valence-corrected chi connectivity index (χ0v) is 11.6. The number of methoxy groups -OCH3 is 1. The number of aliphatic hydroxyl groups excluding tert-OH is 1. The molecule has 0 aliphatic heterocycles. The van der Waals surface area contributed by atoms with Crippen LogP contribution in [0.3, 0.4) is 0 Å². The summed E-state index contributed by atoms with van der Waals surface area (Å²) >= 11 is 1.70. The second kappa shape index (κ2) is 6.97. The van der Waals surface area contributed by atoms with Crippen molar-refractivity contribution in [3.05, 3.63) is 46.2 Å². The Morgan fingerprint density at radius 2 is 2.21 bits per heavy atom. The molecule has 1 aromatic carbocycles. The maximum atomic E-state index is 8.79. The Bertz CT molecular complexity index is 535. The summed E-state index contributed by atoms with van der Waals surface area (Å²) in [5.74, 6) is 0.816. The summed E-state index contributed by atoms with van der Waals surface area (Å²) < 4.78 is 5.39. The third kappa shape index (κ3) is 3.84. The van der Waals surface area contributed by atoms with Crippen LogP contribution >= 0.6 is 11.3 Å². The minimum Gasteiger partial charge on any atom is -0.496 e. The van der Waals surface area contributed by atoms with Gasteiger partial charge in [-0.1, -0.05) is 6.07 Å². The van der Waals surface area contributed by atoms with Gasteiger partial charge in [0.05, 0.1) is 13.7 Å². The quantitative estimate of drug-likeness (QED) is 0.849. The number of ether oxygens (including phenoxy) is 1. The highest BCUT2D eigenvalue weighted by molar-refractivity contribution is 7.10. The molecule has 1 aromatic heterocycles. The van der Waals surface area contributed by atoms with E-state index in [1.165, 1.54) is 4.88 Å². The van der Waals surface area contributed by atoms with Crippen LogP contribution in [0.2, 0.25) is 0 Å². The molecule has 0 aliphatic carbocycles. The third-order valence-corrected chi connectivity index (χ3v) is 3.48. The molecule has 3 nitrogen and oxygen atoms in total. The number of rotatable bonds is 6. The topological polar surface area (TPSA) is 41.5 Å². The normalized spacial score (nSPS) is 10.8. The van der Waals surface area contributed by atoms with Crippen molar-refractivity contribution in [2.24, 2.45) is 0 Å². The molecule has 4 heteroatoms. The molecule has 19 heavy (non-hydrogen) atoms. The minimum absolute atomic E-state index is 0.113. The lowest BCUT2D eigenvalue weighted by Gasteiger charge is -2.09. The van der Waals surface area contributed by atoms with E-state index in [1.807, 2.05) is 30.3 Å². The van der Waals surface area contributed by atoms with E-state index in [0.717, 1.165) is 17.0 Å². The van der Waals surface area contributed by atoms with Crippen LogP contribution in [0.5, 0.6) is 5.75 Å². The average molecular weight is 275 g/mol. The Labute approximate surface area is 117 Å². The zero-order valence-electron chi connectivity index (χ0n) is 10.8. The molecule has 2 rings (SSSR count). The predicted octanol–water partition coefficient (Wildman–Crippen LogP) is 3.33. The summed E-state index contributed by atoms with van der Waals surface area (Å²) in [6.07, 6.45) is 4.11. The number of hydrogen-bond donors (Lipinski definition) is 2. The molecule has 0 radical (unpaired) electrons. The Morgan fingerprint density at radius 1 is 1.32 bits per heavy atom. The lowest BCUT2D eigenvalue weighted by molar-refractivity contribution is 0.311. The summed E-state index contributed by atoms with van der Waals surface area (Å²) in [5, 5.41) is 14.0. The average Bonchev–Trinajstić information content (AvgIpc) is 2.96. The molecular formula is C15H17NO2S. The monoisotopic (exact) mass is 275 g/mol. The first-order valence-electron chi connectivity index (χ1n) is 6.08. The Kier molecular flexibility index (Phi) is 5.01. The van der Waals surface area contributed by atoms with E-state index in [-0.39, 0.29) is 6.61 Å². The van der Waals surface area contributed by atoms with Crippen molar-refractivity contribution in [3.8, 4) is 5.75 Å². The van der Waals surface area contributed by atoms with Crippen LogP contribution < -0.4 is 10.1 Å². The summed E-state index contributed by atoms with van der Waals surface area (Å²) in [7, 11) is 1.66. The molecule has 100 valence electrons. The molecule has 0 amide bonds. The number of nitrogens with one attached hydrogen (secondary N) is 1. The first-order chi connectivity index (χ1) is 9.33. The van der Waals surface area contributed by atoms with Gasteiger partial charge in [-0.2, -0.15) is 0 Å².